The monoisotopic (exact) mass is 436 g/mol. The number of aliphatic hydroxyl groups excluding tert-OH is 3. The van der Waals surface area contributed by atoms with Gasteiger partial charge in [-0.05, 0) is 39.0 Å². The highest BCUT2D eigenvalue weighted by Crippen LogP contribution is 2.30. The van der Waals surface area contributed by atoms with Crippen molar-refractivity contribution >= 4 is 29.3 Å². The lowest BCUT2D eigenvalue weighted by molar-refractivity contribution is -0.205. The van der Waals surface area contributed by atoms with Crippen LogP contribution in [0.4, 0.5) is 0 Å². The zero-order chi connectivity index (χ0) is 20.8. The maximum Gasteiger partial charge on any atom is 0.237 e. The van der Waals surface area contributed by atoms with Crippen molar-refractivity contribution in [2.45, 2.75) is 86.8 Å². The fourth-order valence-electron chi connectivity index (χ4n) is 3.71. The van der Waals surface area contributed by atoms with Crippen LogP contribution in [0.3, 0.4) is 0 Å². The molecule has 0 bridgehead atoms. The summed E-state index contributed by atoms with van der Waals surface area (Å²) in [5, 5.41) is 36.2. The molecule has 1 amide bonds. The van der Waals surface area contributed by atoms with Crippen LogP contribution in [-0.2, 0) is 9.53 Å². The van der Waals surface area contributed by atoms with E-state index < -0.39 is 41.3 Å². The smallest absolute Gasteiger partial charge is 0.237 e. The van der Waals surface area contributed by atoms with E-state index in [1.165, 1.54) is 17.3 Å². The molecule has 0 aromatic heterocycles. The topological polar surface area (TPSA) is 111 Å². The van der Waals surface area contributed by atoms with Gasteiger partial charge in [-0.3, -0.25) is 4.79 Å². The van der Waals surface area contributed by atoms with Gasteiger partial charge in [0, 0.05) is 0 Å². The van der Waals surface area contributed by atoms with E-state index >= 15 is 0 Å². The number of aliphatic hydroxyl groups is 3. The quantitative estimate of drug-likeness (QED) is 0.296. The van der Waals surface area contributed by atoms with E-state index in [4.69, 9.17) is 16.3 Å². The number of alkyl halides is 1. The molecule has 2 aliphatic heterocycles. The minimum Gasteiger partial charge on any atom is -0.388 e. The molecular formula is C19H33ClN2O5S. The SMILES string of the molecule is CCCC1=CCC(C(=O)NC(C(C)Cl)C2OC(SC)C(O)C(O)C2O)NCC1. The van der Waals surface area contributed by atoms with Crippen LogP contribution in [-0.4, -0.2) is 81.3 Å². The number of amides is 1. The van der Waals surface area contributed by atoms with Crippen LogP contribution in [0.5, 0.6) is 0 Å². The van der Waals surface area contributed by atoms with Crippen LogP contribution < -0.4 is 10.6 Å². The van der Waals surface area contributed by atoms with Gasteiger partial charge in [0.25, 0.3) is 0 Å². The van der Waals surface area contributed by atoms with Crippen LogP contribution in [0.25, 0.3) is 0 Å². The van der Waals surface area contributed by atoms with Crippen LogP contribution >= 0.6 is 23.4 Å². The van der Waals surface area contributed by atoms with Crippen LogP contribution in [0.15, 0.2) is 11.6 Å². The minimum atomic E-state index is -1.37. The maximum atomic E-state index is 12.9. The van der Waals surface area contributed by atoms with Crippen LogP contribution in [0.1, 0.15) is 39.5 Å². The number of ether oxygens (including phenoxy) is 1. The Balaban J connectivity index is 2.08. The van der Waals surface area contributed by atoms with E-state index in [0.29, 0.717) is 6.42 Å². The standard InChI is InChI=1S/C19H33ClN2O5S/c1-4-5-11-6-7-12(21-9-8-11)18(26)22-13(10(2)20)17-15(24)14(23)16(25)19(27-17)28-3/h6,10,12-17,19,21,23-25H,4-5,7-9H2,1-3H3,(H,22,26). The van der Waals surface area contributed by atoms with Gasteiger partial charge < -0.3 is 30.7 Å². The molecule has 2 heterocycles. The Morgan fingerprint density at radius 3 is 2.71 bits per heavy atom. The van der Waals surface area contributed by atoms with Gasteiger partial charge in [-0.15, -0.1) is 23.4 Å². The van der Waals surface area contributed by atoms with Gasteiger partial charge in [-0.2, -0.15) is 0 Å². The molecule has 1 fully saturated rings. The van der Waals surface area contributed by atoms with Gasteiger partial charge >= 0.3 is 0 Å². The van der Waals surface area contributed by atoms with E-state index in [9.17, 15) is 20.1 Å². The molecule has 0 aromatic rings. The number of hydrogen-bond donors (Lipinski definition) is 5. The van der Waals surface area contributed by atoms with Gasteiger partial charge in [0.2, 0.25) is 5.91 Å². The van der Waals surface area contributed by atoms with Crippen molar-refractivity contribution in [1.82, 2.24) is 10.6 Å². The van der Waals surface area contributed by atoms with E-state index in [0.717, 1.165) is 25.8 Å². The molecule has 8 atom stereocenters. The average molecular weight is 437 g/mol. The summed E-state index contributed by atoms with van der Waals surface area (Å²) in [7, 11) is 0. The second-order valence-corrected chi connectivity index (χ2v) is 9.12. The molecule has 1 saturated heterocycles. The summed E-state index contributed by atoms with van der Waals surface area (Å²) in [5.41, 5.74) is 0.646. The fourth-order valence-corrected chi connectivity index (χ4v) is 4.60. The second-order valence-electron chi connectivity index (χ2n) is 7.49. The number of nitrogens with one attached hydrogen (secondary N) is 2. The Morgan fingerprint density at radius 2 is 2.11 bits per heavy atom. The van der Waals surface area contributed by atoms with Crippen molar-refractivity contribution in [2.75, 3.05) is 12.8 Å². The predicted octanol–water partition coefficient (Wildman–Crippen LogP) is 0.748. The largest absolute Gasteiger partial charge is 0.388 e. The summed E-state index contributed by atoms with van der Waals surface area (Å²) in [4.78, 5) is 12.9. The molecule has 2 aliphatic rings. The normalized spacial score (nSPS) is 36.2. The zero-order valence-electron chi connectivity index (χ0n) is 16.7. The molecule has 8 unspecified atom stereocenters. The zero-order valence-corrected chi connectivity index (χ0v) is 18.2. The van der Waals surface area contributed by atoms with Crippen molar-refractivity contribution in [2.24, 2.45) is 0 Å². The van der Waals surface area contributed by atoms with Gasteiger partial charge in [-0.1, -0.05) is 25.0 Å². The van der Waals surface area contributed by atoms with Crippen LogP contribution in [0, 0.1) is 0 Å². The molecule has 0 aromatic carbocycles. The van der Waals surface area contributed by atoms with Crippen molar-refractivity contribution in [3.8, 4) is 0 Å². The van der Waals surface area contributed by atoms with E-state index in [1.807, 2.05) is 0 Å². The lowest BCUT2D eigenvalue weighted by Crippen LogP contribution is -2.65. The third kappa shape index (κ3) is 5.84. The highest BCUT2D eigenvalue weighted by molar-refractivity contribution is 7.99. The van der Waals surface area contributed by atoms with Crippen molar-refractivity contribution < 1.29 is 24.9 Å². The molecule has 28 heavy (non-hydrogen) atoms. The second kappa shape index (κ2) is 11.2. The predicted molar refractivity (Wildman–Crippen MR) is 111 cm³/mol. The summed E-state index contributed by atoms with van der Waals surface area (Å²) in [6.07, 6.45) is 2.63. The first-order chi connectivity index (χ1) is 13.3. The number of halogens is 1. The number of carbonyl (C=O) groups is 1. The minimum absolute atomic E-state index is 0.219. The summed E-state index contributed by atoms with van der Waals surface area (Å²) < 4.78 is 5.79. The van der Waals surface area contributed by atoms with Gasteiger partial charge in [0.15, 0.2) is 0 Å². The Morgan fingerprint density at radius 1 is 1.39 bits per heavy atom. The number of carbonyl (C=O) groups excluding carboxylic acids is 1. The molecule has 0 saturated carbocycles. The summed E-state index contributed by atoms with van der Waals surface area (Å²) in [6.45, 7) is 4.57. The molecule has 0 aliphatic carbocycles. The fraction of sp³-hybridized carbons (Fsp3) is 0.842. The van der Waals surface area contributed by atoms with Gasteiger partial charge in [-0.25, -0.2) is 0 Å². The highest BCUT2D eigenvalue weighted by Gasteiger charge is 2.48. The first-order valence-corrected chi connectivity index (χ1v) is 11.6. The molecule has 9 heteroatoms. The average Bonchev–Trinajstić information content (AvgIpc) is 2.91. The van der Waals surface area contributed by atoms with E-state index in [1.54, 1.807) is 13.2 Å². The van der Waals surface area contributed by atoms with Crippen LogP contribution in [0.2, 0.25) is 0 Å². The molecule has 0 spiro atoms. The van der Waals surface area contributed by atoms with Crippen molar-refractivity contribution in [3.63, 3.8) is 0 Å². The Labute approximate surface area is 176 Å². The third-order valence-corrected chi connectivity index (χ3v) is 6.49. The number of thioether (sulfide) groups is 1. The molecule has 0 radical (unpaired) electrons. The van der Waals surface area contributed by atoms with Gasteiger partial charge in [0.05, 0.1) is 17.5 Å². The lowest BCUT2D eigenvalue weighted by Gasteiger charge is -2.44. The first-order valence-electron chi connectivity index (χ1n) is 9.88. The third-order valence-electron chi connectivity index (χ3n) is 5.36. The van der Waals surface area contributed by atoms with Gasteiger partial charge in [0.1, 0.15) is 29.9 Å². The Kier molecular flexibility index (Phi) is 9.53. The lowest BCUT2D eigenvalue weighted by atomic mass is 9.93. The molecular weight excluding hydrogens is 404 g/mol. The molecule has 162 valence electrons. The molecule has 5 N–H and O–H groups in total. The molecule has 7 nitrogen and oxygen atoms in total. The Bertz CT molecular complexity index is 548. The highest BCUT2D eigenvalue weighted by atomic mass is 35.5. The Hall–Kier alpha value is -0.350. The van der Waals surface area contributed by atoms with E-state index in [-0.39, 0.29) is 11.9 Å². The summed E-state index contributed by atoms with van der Waals surface area (Å²) in [5.74, 6) is -0.219. The van der Waals surface area contributed by atoms with E-state index in [2.05, 4.69) is 23.6 Å². The maximum absolute atomic E-state index is 12.9. The summed E-state index contributed by atoms with van der Waals surface area (Å²) >= 11 is 7.54. The summed E-state index contributed by atoms with van der Waals surface area (Å²) in [6, 6.07) is -1.11. The first kappa shape index (κ1) is 23.9. The molecule has 2 rings (SSSR count). The number of rotatable bonds is 7. The van der Waals surface area contributed by atoms with Crippen molar-refractivity contribution in [3.05, 3.63) is 11.6 Å². The van der Waals surface area contributed by atoms with Crippen molar-refractivity contribution in [1.29, 1.82) is 0 Å². The number of hydrogen-bond acceptors (Lipinski definition) is 7.